The zero-order valence-corrected chi connectivity index (χ0v) is 9.67. The van der Waals surface area contributed by atoms with E-state index in [9.17, 15) is 9.18 Å². The lowest BCUT2D eigenvalue weighted by atomic mass is 10.0. The predicted octanol–water partition coefficient (Wildman–Crippen LogP) is 2.66. The first-order valence-corrected chi connectivity index (χ1v) is 5.07. The van der Waals surface area contributed by atoms with Gasteiger partial charge in [-0.2, -0.15) is 0 Å². The van der Waals surface area contributed by atoms with Crippen LogP contribution >= 0.6 is 0 Å². The van der Waals surface area contributed by atoms with Gasteiger partial charge in [0.25, 0.3) is 0 Å². The van der Waals surface area contributed by atoms with E-state index < -0.39 is 11.8 Å². The number of rotatable bonds is 3. The quantitative estimate of drug-likeness (QED) is 0.831. The minimum Gasteiger partial charge on any atom is -0.481 e. The summed E-state index contributed by atoms with van der Waals surface area (Å²) in [5.41, 5.74) is 0.501. The van der Waals surface area contributed by atoms with E-state index in [2.05, 4.69) is 5.32 Å². The molecule has 0 fully saturated rings. The molecular formula is C12H16FNO2. The van der Waals surface area contributed by atoms with Gasteiger partial charge in [0.2, 0.25) is 0 Å². The largest absolute Gasteiger partial charge is 0.481 e. The summed E-state index contributed by atoms with van der Waals surface area (Å²) in [5.74, 6) is -1.53. The number of carboxylic acid groups (broad SMARTS) is 1. The smallest absolute Gasteiger partial charge is 0.308 e. The Labute approximate surface area is 94.3 Å². The Morgan fingerprint density at radius 3 is 2.56 bits per heavy atom. The van der Waals surface area contributed by atoms with Crippen molar-refractivity contribution in [3.05, 3.63) is 29.6 Å². The summed E-state index contributed by atoms with van der Waals surface area (Å²) in [6, 6.07) is 4.52. The minimum atomic E-state index is -1.04. The van der Waals surface area contributed by atoms with Gasteiger partial charge in [-0.3, -0.25) is 4.79 Å². The van der Waals surface area contributed by atoms with Crippen LogP contribution in [0.5, 0.6) is 0 Å². The Hall–Kier alpha value is -1.58. The molecule has 0 radical (unpaired) electrons. The summed E-state index contributed by atoms with van der Waals surface area (Å²) in [4.78, 5) is 10.6. The van der Waals surface area contributed by atoms with Crippen LogP contribution in [0.1, 0.15) is 26.3 Å². The Morgan fingerprint density at radius 1 is 1.44 bits per heavy atom. The molecule has 1 rings (SSSR count). The van der Waals surface area contributed by atoms with E-state index in [1.807, 2.05) is 20.8 Å². The SMILES string of the molecule is CC(C)(C)Nc1cccc(F)c1CC(=O)O. The van der Waals surface area contributed by atoms with Gasteiger partial charge >= 0.3 is 5.97 Å². The number of aliphatic carboxylic acids is 1. The number of carbonyl (C=O) groups is 1. The van der Waals surface area contributed by atoms with Crippen LogP contribution in [0, 0.1) is 5.82 Å². The number of halogens is 1. The van der Waals surface area contributed by atoms with Crippen molar-refractivity contribution in [2.75, 3.05) is 5.32 Å². The van der Waals surface area contributed by atoms with Gasteiger partial charge in [-0.1, -0.05) is 6.07 Å². The van der Waals surface area contributed by atoms with E-state index in [4.69, 9.17) is 5.11 Å². The summed E-state index contributed by atoms with van der Waals surface area (Å²) >= 11 is 0. The van der Waals surface area contributed by atoms with Crippen LogP contribution in [0.4, 0.5) is 10.1 Å². The van der Waals surface area contributed by atoms with E-state index in [0.717, 1.165) is 0 Å². The highest BCUT2D eigenvalue weighted by molar-refractivity contribution is 5.73. The van der Waals surface area contributed by atoms with Crippen LogP contribution < -0.4 is 5.32 Å². The first-order valence-electron chi connectivity index (χ1n) is 5.07. The molecule has 0 heterocycles. The van der Waals surface area contributed by atoms with Crippen molar-refractivity contribution in [3.63, 3.8) is 0 Å². The van der Waals surface area contributed by atoms with Gasteiger partial charge in [-0.05, 0) is 32.9 Å². The Balaban J connectivity index is 3.07. The molecular weight excluding hydrogens is 209 g/mol. The molecule has 16 heavy (non-hydrogen) atoms. The Morgan fingerprint density at radius 2 is 2.06 bits per heavy atom. The van der Waals surface area contributed by atoms with Gasteiger partial charge in [0.15, 0.2) is 0 Å². The van der Waals surface area contributed by atoms with E-state index in [-0.39, 0.29) is 17.5 Å². The molecule has 3 nitrogen and oxygen atoms in total. The predicted molar refractivity (Wildman–Crippen MR) is 61.1 cm³/mol. The zero-order valence-electron chi connectivity index (χ0n) is 9.67. The minimum absolute atomic E-state index is 0.199. The maximum atomic E-state index is 13.5. The highest BCUT2D eigenvalue weighted by Crippen LogP contribution is 2.23. The zero-order chi connectivity index (χ0) is 12.3. The Bertz CT molecular complexity index is 396. The second kappa shape index (κ2) is 4.51. The van der Waals surface area contributed by atoms with E-state index in [1.54, 1.807) is 12.1 Å². The highest BCUT2D eigenvalue weighted by atomic mass is 19.1. The van der Waals surface area contributed by atoms with Crippen LogP contribution in [0.25, 0.3) is 0 Å². The fourth-order valence-corrected chi connectivity index (χ4v) is 1.41. The molecule has 0 amide bonds. The number of benzene rings is 1. The molecule has 0 atom stereocenters. The monoisotopic (exact) mass is 225 g/mol. The van der Waals surface area contributed by atoms with Crippen LogP contribution in [0.15, 0.2) is 18.2 Å². The van der Waals surface area contributed by atoms with Crippen LogP contribution in [-0.4, -0.2) is 16.6 Å². The maximum absolute atomic E-state index is 13.5. The molecule has 0 saturated heterocycles. The number of carboxylic acids is 1. The number of hydrogen-bond acceptors (Lipinski definition) is 2. The van der Waals surface area contributed by atoms with Crippen molar-refractivity contribution in [1.82, 2.24) is 0 Å². The maximum Gasteiger partial charge on any atom is 0.308 e. The third-order valence-corrected chi connectivity index (χ3v) is 1.96. The number of hydrogen-bond donors (Lipinski definition) is 2. The van der Waals surface area contributed by atoms with Gasteiger partial charge < -0.3 is 10.4 Å². The van der Waals surface area contributed by atoms with Crippen molar-refractivity contribution in [1.29, 1.82) is 0 Å². The van der Waals surface area contributed by atoms with Crippen molar-refractivity contribution >= 4 is 11.7 Å². The molecule has 4 heteroatoms. The van der Waals surface area contributed by atoms with Gasteiger partial charge in [-0.25, -0.2) is 4.39 Å². The second-order valence-corrected chi connectivity index (χ2v) is 4.71. The molecule has 0 aromatic heterocycles. The molecule has 0 saturated carbocycles. The van der Waals surface area contributed by atoms with Crippen LogP contribution in [0.3, 0.4) is 0 Å². The summed E-state index contributed by atoms with van der Waals surface area (Å²) in [6.07, 6.45) is -0.314. The summed E-state index contributed by atoms with van der Waals surface area (Å²) in [6.45, 7) is 5.80. The number of anilines is 1. The molecule has 0 spiro atoms. The van der Waals surface area contributed by atoms with E-state index in [1.165, 1.54) is 6.07 Å². The van der Waals surface area contributed by atoms with E-state index >= 15 is 0 Å². The molecule has 0 bridgehead atoms. The standard InChI is InChI=1S/C12H16FNO2/c1-12(2,3)14-10-6-4-5-9(13)8(10)7-11(15)16/h4-6,14H,7H2,1-3H3,(H,15,16). The molecule has 88 valence electrons. The number of nitrogens with one attached hydrogen (secondary N) is 1. The molecule has 2 N–H and O–H groups in total. The molecule has 0 unspecified atom stereocenters. The average Bonchev–Trinajstić information content (AvgIpc) is 2.08. The van der Waals surface area contributed by atoms with Gasteiger partial charge in [0.1, 0.15) is 5.82 Å². The summed E-state index contributed by atoms with van der Waals surface area (Å²) in [7, 11) is 0. The second-order valence-electron chi connectivity index (χ2n) is 4.71. The Kier molecular flexibility index (Phi) is 3.52. The fraction of sp³-hybridized carbons (Fsp3) is 0.417. The average molecular weight is 225 g/mol. The normalized spacial score (nSPS) is 11.2. The van der Waals surface area contributed by atoms with E-state index in [0.29, 0.717) is 5.69 Å². The molecule has 0 aliphatic carbocycles. The van der Waals surface area contributed by atoms with Gasteiger partial charge in [0, 0.05) is 16.8 Å². The lowest BCUT2D eigenvalue weighted by Gasteiger charge is -2.24. The fourth-order valence-electron chi connectivity index (χ4n) is 1.41. The summed E-state index contributed by atoms with van der Waals surface area (Å²) < 4.78 is 13.5. The van der Waals surface area contributed by atoms with Crippen molar-refractivity contribution in [3.8, 4) is 0 Å². The lowest BCUT2D eigenvalue weighted by Crippen LogP contribution is -2.27. The van der Waals surface area contributed by atoms with Crippen LogP contribution in [-0.2, 0) is 11.2 Å². The third kappa shape index (κ3) is 3.53. The first-order chi connectivity index (χ1) is 7.29. The topological polar surface area (TPSA) is 49.3 Å². The molecule has 0 aliphatic rings. The third-order valence-electron chi connectivity index (χ3n) is 1.96. The van der Waals surface area contributed by atoms with Crippen molar-refractivity contribution in [2.24, 2.45) is 0 Å². The first kappa shape index (κ1) is 12.5. The van der Waals surface area contributed by atoms with Crippen molar-refractivity contribution in [2.45, 2.75) is 32.7 Å². The van der Waals surface area contributed by atoms with Gasteiger partial charge in [-0.15, -0.1) is 0 Å². The lowest BCUT2D eigenvalue weighted by molar-refractivity contribution is -0.136. The molecule has 1 aromatic rings. The molecule has 1 aromatic carbocycles. The molecule has 0 aliphatic heterocycles. The van der Waals surface area contributed by atoms with Crippen LogP contribution in [0.2, 0.25) is 0 Å². The van der Waals surface area contributed by atoms with Gasteiger partial charge in [0.05, 0.1) is 6.42 Å². The highest BCUT2D eigenvalue weighted by Gasteiger charge is 2.16. The van der Waals surface area contributed by atoms with Crippen molar-refractivity contribution < 1.29 is 14.3 Å². The summed E-state index contributed by atoms with van der Waals surface area (Å²) in [5, 5.41) is 11.8.